The molecule has 1 aromatic carbocycles. The summed E-state index contributed by atoms with van der Waals surface area (Å²) in [5.74, 6) is 1.58. The summed E-state index contributed by atoms with van der Waals surface area (Å²) in [7, 11) is 0. The lowest BCUT2D eigenvalue weighted by atomic mass is 9.80. The van der Waals surface area contributed by atoms with E-state index in [2.05, 4.69) is 66.8 Å². The second kappa shape index (κ2) is 7.04. The number of rotatable bonds is 6. The van der Waals surface area contributed by atoms with Crippen molar-refractivity contribution < 1.29 is 9.47 Å². The minimum absolute atomic E-state index is 0.0376. The fourth-order valence-electron chi connectivity index (χ4n) is 2.14. The average molecular weight is 302 g/mol. The van der Waals surface area contributed by atoms with Gasteiger partial charge in [-0.15, -0.1) is 0 Å². The normalized spacial score (nSPS) is 11.9. The van der Waals surface area contributed by atoms with Crippen LogP contribution >= 0.6 is 0 Å². The topological polar surface area (TPSA) is 18.5 Å². The van der Waals surface area contributed by atoms with Crippen molar-refractivity contribution in [2.75, 3.05) is 13.2 Å². The Balaban J connectivity index is 3.53. The molecule has 0 radical (unpaired) electrons. The maximum Gasteiger partial charge on any atom is 0.165 e. The fraction of sp³-hybridized carbons (Fsp3) is 0.500. The number of ether oxygens (including phenoxy) is 2. The van der Waals surface area contributed by atoms with Crippen LogP contribution in [-0.4, -0.2) is 13.2 Å². The maximum atomic E-state index is 5.93. The van der Waals surface area contributed by atoms with E-state index in [1.54, 1.807) is 12.2 Å². The first-order valence-electron chi connectivity index (χ1n) is 7.77. The van der Waals surface area contributed by atoms with Crippen molar-refractivity contribution in [2.45, 2.75) is 52.4 Å². The lowest BCUT2D eigenvalue weighted by molar-refractivity contribution is 0.300. The summed E-state index contributed by atoms with van der Waals surface area (Å²) in [6, 6.07) is 4.32. The summed E-state index contributed by atoms with van der Waals surface area (Å²) in [4.78, 5) is 0. The molecule has 0 atom stereocenters. The van der Waals surface area contributed by atoms with Gasteiger partial charge in [-0.25, -0.2) is 0 Å². The van der Waals surface area contributed by atoms with E-state index in [0.717, 1.165) is 17.1 Å². The molecule has 0 unspecified atom stereocenters. The van der Waals surface area contributed by atoms with Gasteiger partial charge in [-0.1, -0.05) is 72.9 Å². The molecule has 0 amide bonds. The minimum atomic E-state index is -0.0376. The molecule has 2 nitrogen and oxygen atoms in total. The SMILES string of the molecule is C=CCOc1cc(C(C)(C)C)cc(C(C)(C)C)c1OCC=C. The maximum absolute atomic E-state index is 5.93. The molecule has 0 aliphatic carbocycles. The number of hydrogen-bond acceptors (Lipinski definition) is 2. The van der Waals surface area contributed by atoms with Gasteiger partial charge in [0.2, 0.25) is 0 Å². The van der Waals surface area contributed by atoms with Gasteiger partial charge < -0.3 is 9.47 Å². The molecule has 0 bridgehead atoms. The van der Waals surface area contributed by atoms with E-state index in [1.165, 1.54) is 5.56 Å². The van der Waals surface area contributed by atoms with Gasteiger partial charge in [-0.3, -0.25) is 0 Å². The van der Waals surface area contributed by atoms with Crippen molar-refractivity contribution in [3.63, 3.8) is 0 Å². The first-order chi connectivity index (χ1) is 10.1. The van der Waals surface area contributed by atoms with Crippen molar-refractivity contribution in [3.8, 4) is 11.5 Å². The fourth-order valence-corrected chi connectivity index (χ4v) is 2.14. The van der Waals surface area contributed by atoms with Gasteiger partial charge in [0.25, 0.3) is 0 Å². The third kappa shape index (κ3) is 4.66. The molecular formula is C20H30O2. The number of benzene rings is 1. The lowest BCUT2D eigenvalue weighted by Gasteiger charge is -2.29. The summed E-state index contributed by atoms with van der Waals surface area (Å²) in [6.45, 7) is 21.6. The van der Waals surface area contributed by atoms with Crippen molar-refractivity contribution in [1.82, 2.24) is 0 Å². The molecule has 1 aromatic rings. The first-order valence-corrected chi connectivity index (χ1v) is 7.77. The highest BCUT2D eigenvalue weighted by molar-refractivity contribution is 5.53. The van der Waals surface area contributed by atoms with E-state index < -0.39 is 0 Å². The van der Waals surface area contributed by atoms with Crippen LogP contribution in [0, 0.1) is 0 Å². The summed E-state index contributed by atoms with van der Waals surface area (Å²) in [5.41, 5.74) is 2.40. The van der Waals surface area contributed by atoms with E-state index in [9.17, 15) is 0 Å². The predicted octanol–water partition coefficient (Wildman–Crippen LogP) is 5.41. The van der Waals surface area contributed by atoms with Gasteiger partial charge >= 0.3 is 0 Å². The Labute approximate surface area is 135 Å². The summed E-state index contributed by atoms with van der Waals surface area (Å²) in [5, 5.41) is 0. The quantitative estimate of drug-likeness (QED) is 0.654. The monoisotopic (exact) mass is 302 g/mol. The molecule has 0 aromatic heterocycles. The second-order valence-corrected chi connectivity index (χ2v) is 7.55. The summed E-state index contributed by atoms with van der Waals surface area (Å²) in [6.07, 6.45) is 3.50. The highest BCUT2D eigenvalue weighted by Gasteiger charge is 2.26. The van der Waals surface area contributed by atoms with Crippen molar-refractivity contribution in [1.29, 1.82) is 0 Å². The van der Waals surface area contributed by atoms with Crippen LogP contribution in [0.1, 0.15) is 52.7 Å². The molecule has 1 rings (SSSR count). The molecule has 122 valence electrons. The van der Waals surface area contributed by atoms with Crippen LogP contribution in [0.25, 0.3) is 0 Å². The van der Waals surface area contributed by atoms with Gasteiger partial charge in [-0.05, 0) is 22.5 Å². The molecule has 0 spiro atoms. The summed E-state index contributed by atoms with van der Waals surface area (Å²) >= 11 is 0. The van der Waals surface area contributed by atoms with Gasteiger partial charge in [-0.2, -0.15) is 0 Å². The highest BCUT2D eigenvalue weighted by Crippen LogP contribution is 2.42. The van der Waals surface area contributed by atoms with E-state index >= 15 is 0 Å². The molecule has 0 saturated carbocycles. The Morgan fingerprint density at radius 2 is 1.41 bits per heavy atom. The Kier molecular flexibility index (Phi) is 5.87. The van der Waals surface area contributed by atoms with Gasteiger partial charge in [0.1, 0.15) is 13.2 Å². The molecule has 2 heteroatoms. The van der Waals surface area contributed by atoms with Crippen LogP contribution < -0.4 is 9.47 Å². The van der Waals surface area contributed by atoms with Crippen LogP contribution in [-0.2, 0) is 10.8 Å². The molecule has 0 saturated heterocycles. The van der Waals surface area contributed by atoms with Crippen LogP contribution in [0.2, 0.25) is 0 Å². The third-order valence-corrected chi connectivity index (χ3v) is 3.43. The lowest BCUT2D eigenvalue weighted by Crippen LogP contribution is -2.19. The van der Waals surface area contributed by atoms with E-state index in [-0.39, 0.29) is 10.8 Å². The zero-order chi connectivity index (χ0) is 17.0. The first kappa shape index (κ1) is 18.3. The van der Waals surface area contributed by atoms with Gasteiger partial charge in [0.05, 0.1) is 0 Å². The highest BCUT2D eigenvalue weighted by atomic mass is 16.5. The zero-order valence-corrected chi connectivity index (χ0v) is 15.0. The van der Waals surface area contributed by atoms with Crippen LogP contribution in [0.5, 0.6) is 11.5 Å². The van der Waals surface area contributed by atoms with Crippen molar-refractivity contribution >= 4 is 0 Å². The Morgan fingerprint density at radius 3 is 1.86 bits per heavy atom. The Bertz CT molecular complexity index is 528. The minimum Gasteiger partial charge on any atom is -0.486 e. The van der Waals surface area contributed by atoms with Crippen LogP contribution in [0.15, 0.2) is 37.4 Å². The van der Waals surface area contributed by atoms with Crippen molar-refractivity contribution in [2.24, 2.45) is 0 Å². The van der Waals surface area contributed by atoms with Crippen LogP contribution in [0.3, 0.4) is 0 Å². The molecular weight excluding hydrogens is 272 g/mol. The molecule has 0 fully saturated rings. The number of hydrogen-bond donors (Lipinski definition) is 0. The van der Waals surface area contributed by atoms with E-state index in [1.807, 2.05) is 0 Å². The third-order valence-electron chi connectivity index (χ3n) is 3.43. The van der Waals surface area contributed by atoms with E-state index in [4.69, 9.17) is 9.47 Å². The largest absolute Gasteiger partial charge is 0.486 e. The predicted molar refractivity (Wildman–Crippen MR) is 95.2 cm³/mol. The molecule has 0 N–H and O–H groups in total. The van der Waals surface area contributed by atoms with Crippen LogP contribution in [0.4, 0.5) is 0 Å². The summed E-state index contributed by atoms with van der Waals surface area (Å²) < 4.78 is 11.8. The Hall–Kier alpha value is -1.70. The Morgan fingerprint density at radius 1 is 0.864 bits per heavy atom. The average Bonchev–Trinajstić information content (AvgIpc) is 2.40. The molecule has 0 aliphatic heterocycles. The second-order valence-electron chi connectivity index (χ2n) is 7.55. The standard InChI is InChI=1S/C20H30O2/c1-9-11-21-17-14-15(19(3,4)5)13-16(20(6,7)8)18(17)22-12-10-2/h9-10,13-14H,1-2,11-12H2,3-8H3. The smallest absolute Gasteiger partial charge is 0.165 e. The molecule has 22 heavy (non-hydrogen) atoms. The van der Waals surface area contributed by atoms with Gasteiger partial charge in [0, 0.05) is 5.56 Å². The van der Waals surface area contributed by atoms with Gasteiger partial charge in [0.15, 0.2) is 11.5 Å². The molecule has 0 aliphatic rings. The van der Waals surface area contributed by atoms with Crippen molar-refractivity contribution in [3.05, 3.63) is 48.6 Å². The van der Waals surface area contributed by atoms with E-state index in [0.29, 0.717) is 13.2 Å². The molecule has 0 heterocycles. The zero-order valence-electron chi connectivity index (χ0n) is 15.0.